The first-order chi connectivity index (χ1) is 12.6. The second-order valence-electron chi connectivity index (χ2n) is 6.07. The van der Waals surface area contributed by atoms with E-state index in [4.69, 9.17) is 9.47 Å². The van der Waals surface area contributed by atoms with Crippen molar-refractivity contribution in [2.75, 3.05) is 19.8 Å². The van der Waals surface area contributed by atoms with Crippen LogP contribution in [0.25, 0.3) is 5.57 Å². The molecule has 1 N–H and O–H groups in total. The van der Waals surface area contributed by atoms with E-state index in [1.165, 1.54) is 5.57 Å². The second-order valence-corrected chi connectivity index (χ2v) is 6.07. The van der Waals surface area contributed by atoms with Crippen molar-refractivity contribution in [1.82, 2.24) is 9.97 Å². The number of ether oxygens (including phenoxy) is 2. The standard InChI is InChI=1S/C20H22N2O4/c1-3-26-19-15(5-4-6-16(19)14-7-9-25-10-8-14)11-17-18(20(23)24)22-13(2)12-21-17/h4-7,12H,3,8-11H2,1-2H3,(H,23,24). The van der Waals surface area contributed by atoms with E-state index in [-0.39, 0.29) is 5.69 Å². The molecule has 1 aliphatic heterocycles. The van der Waals surface area contributed by atoms with Crippen LogP contribution in [-0.4, -0.2) is 40.9 Å². The van der Waals surface area contributed by atoms with E-state index in [1.54, 1.807) is 13.1 Å². The predicted octanol–water partition coefficient (Wildman–Crippen LogP) is 3.28. The molecule has 0 amide bonds. The Morgan fingerprint density at radius 2 is 2.23 bits per heavy atom. The van der Waals surface area contributed by atoms with Gasteiger partial charge in [-0.2, -0.15) is 0 Å². The summed E-state index contributed by atoms with van der Waals surface area (Å²) in [5.74, 6) is -0.292. The van der Waals surface area contributed by atoms with Crippen LogP contribution in [0.2, 0.25) is 0 Å². The molecule has 0 unspecified atom stereocenters. The highest BCUT2D eigenvalue weighted by atomic mass is 16.5. The molecule has 2 aromatic rings. The summed E-state index contributed by atoms with van der Waals surface area (Å²) in [5.41, 5.74) is 4.12. The van der Waals surface area contributed by atoms with Gasteiger partial charge in [-0.25, -0.2) is 9.78 Å². The van der Waals surface area contributed by atoms with Crippen LogP contribution in [0.1, 0.15) is 46.3 Å². The lowest BCUT2D eigenvalue weighted by Crippen LogP contribution is -2.11. The van der Waals surface area contributed by atoms with E-state index in [1.807, 2.05) is 25.1 Å². The molecule has 1 aromatic carbocycles. The Morgan fingerprint density at radius 3 is 2.92 bits per heavy atom. The molecular weight excluding hydrogens is 332 g/mol. The van der Waals surface area contributed by atoms with Gasteiger partial charge >= 0.3 is 5.97 Å². The maximum atomic E-state index is 11.5. The number of aryl methyl sites for hydroxylation is 1. The Labute approximate surface area is 152 Å². The summed E-state index contributed by atoms with van der Waals surface area (Å²) >= 11 is 0. The Bertz CT molecular complexity index is 846. The summed E-state index contributed by atoms with van der Waals surface area (Å²) in [4.78, 5) is 20.0. The number of para-hydroxylation sites is 1. The largest absolute Gasteiger partial charge is 0.493 e. The third-order valence-corrected chi connectivity index (χ3v) is 4.22. The van der Waals surface area contributed by atoms with Gasteiger partial charge in [0.25, 0.3) is 0 Å². The number of aromatic nitrogens is 2. The Kier molecular flexibility index (Phi) is 5.63. The van der Waals surface area contributed by atoms with Gasteiger partial charge in [-0.1, -0.05) is 24.3 Å². The normalized spacial score (nSPS) is 14.0. The fourth-order valence-corrected chi connectivity index (χ4v) is 3.05. The van der Waals surface area contributed by atoms with Crippen molar-refractivity contribution in [1.29, 1.82) is 0 Å². The smallest absolute Gasteiger partial charge is 0.356 e. The molecule has 136 valence electrons. The van der Waals surface area contributed by atoms with Gasteiger partial charge in [0.2, 0.25) is 0 Å². The number of benzene rings is 1. The number of hydrogen-bond acceptors (Lipinski definition) is 5. The molecule has 0 fully saturated rings. The van der Waals surface area contributed by atoms with Crippen LogP contribution in [0.3, 0.4) is 0 Å². The van der Waals surface area contributed by atoms with Crippen molar-refractivity contribution in [3.63, 3.8) is 0 Å². The number of rotatable bonds is 6. The topological polar surface area (TPSA) is 81.5 Å². The summed E-state index contributed by atoms with van der Waals surface area (Å²) in [6.45, 7) is 5.48. The molecule has 1 aliphatic rings. The van der Waals surface area contributed by atoms with Gasteiger partial charge < -0.3 is 14.6 Å². The molecule has 2 heterocycles. The molecule has 0 saturated heterocycles. The van der Waals surface area contributed by atoms with Gasteiger partial charge in [0.05, 0.1) is 31.2 Å². The van der Waals surface area contributed by atoms with Crippen molar-refractivity contribution >= 4 is 11.5 Å². The van der Waals surface area contributed by atoms with Crippen molar-refractivity contribution < 1.29 is 19.4 Å². The number of aromatic carboxylic acids is 1. The van der Waals surface area contributed by atoms with E-state index >= 15 is 0 Å². The fraction of sp³-hybridized carbons (Fsp3) is 0.350. The van der Waals surface area contributed by atoms with Crippen LogP contribution in [-0.2, 0) is 11.2 Å². The maximum absolute atomic E-state index is 11.5. The van der Waals surface area contributed by atoms with E-state index in [9.17, 15) is 9.90 Å². The zero-order chi connectivity index (χ0) is 18.5. The monoisotopic (exact) mass is 354 g/mol. The lowest BCUT2D eigenvalue weighted by molar-refractivity contribution is 0.0688. The van der Waals surface area contributed by atoms with Crippen LogP contribution in [0.15, 0.2) is 30.5 Å². The quantitative estimate of drug-likeness (QED) is 0.857. The molecule has 1 aromatic heterocycles. The fourth-order valence-electron chi connectivity index (χ4n) is 3.05. The SMILES string of the molecule is CCOc1c(Cc2ncc(C)nc2C(=O)O)cccc1C1=CCOCC1. The molecule has 0 radical (unpaired) electrons. The summed E-state index contributed by atoms with van der Waals surface area (Å²) in [5, 5.41) is 9.44. The average Bonchev–Trinajstić information content (AvgIpc) is 2.65. The molecule has 26 heavy (non-hydrogen) atoms. The summed E-state index contributed by atoms with van der Waals surface area (Å²) in [6.07, 6.45) is 4.84. The lowest BCUT2D eigenvalue weighted by Gasteiger charge is -2.19. The minimum Gasteiger partial charge on any atom is -0.493 e. The van der Waals surface area contributed by atoms with E-state index in [2.05, 4.69) is 16.0 Å². The second kappa shape index (κ2) is 8.10. The number of carboxylic acid groups (broad SMARTS) is 1. The minimum atomic E-state index is -1.07. The van der Waals surface area contributed by atoms with Gasteiger partial charge in [-0.15, -0.1) is 0 Å². The maximum Gasteiger partial charge on any atom is 0.356 e. The molecule has 6 nitrogen and oxygen atoms in total. The first-order valence-corrected chi connectivity index (χ1v) is 8.67. The number of nitrogens with zero attached hydrogens (tertiary/aromatic N) is 2. The Morgan fingerprint density at radius 1 is 1.38 bits per heavy atom. The summed E-state index contributed by atoms with van der Waals surface area (Å²) < 4.78 is 11.3. The van der Waals surface area contributed by atoms with E-state index in [0.717, 1.165) is 23.3 Å². The third-order valence-electron chi connectivity index (χ3n) is 4.22. The van der Waals surface area contributed by atoms with Crippen molar-refractivity contribution in [3.8, 4) is 5.75 Å². The van der Waals surface area contributed by atoms with Crippen LogP contribution in [0.5, 0.6) is 5.75 Å². The Hall–Kier alpha value is -2.73. The zero-order valence-corrected chi connectivity index (χ0v) is 15.0. The molecule has 0 atom stereocenters. The van der Waals surface area contributed by atoms with Crippen LogP contribution in [0.4, 0.5) is 0 Å². The Balaban J connectivity index is 2.03. The molecule has 0 bridgehead atoms. The van der Waals surface area contributed by atoms with Crippen LogP contribution < -0.4 is 4.74 Å². The number of hydrogen-bond donors (Lipinski definition) is 1. The molecule has 0 aliphatic carbocycles. The summed E-state index contributed by atoms with van der Waals surface area (Å²) in [6, 6.07) is 5.94. The first-order valence-electron chi connectivity index (χ1n) is 8.67. The first kappa shape index (κ1) is 18.1. The number of carboxylic acids is 1. The minimum absolute atomic E-state index is 0.0110. The van der Waals surface area contributed by atoms with Crippen LogP contribution >= 0.6 is 0 Å². The third kappa shape index (κ3) is 3.91. The van der Waals surface area contributed by atoms with Gasteiger partial charge in [0.1, 0.15) is 5.75 Å². The highest BCUT2D eigenvalue weighted by molar-refractivity contribution is 5.86. The van der Waals surface area contributed by atoms with Gasteiger partial charge in [-0.3, -0.25) is 4.98 Å². The highest BCUT2D eigenvalue weighted by Crippen LogP contribution is 2.34. The molecule has 3 rings (SSSR count). The molecule has 6 heteroatoms. The van der Waals surface area contributed by atoms with Crippen LogP contribution in [0, 0.1) is 6.92 Å². The van der Waals surface area contributed by atoms with Crippen molar-refractivity contribution in [2.24, 2.45) is 0 Å². The van der Waals surface area contributed by atoms with Gasteiger partial charge in [0, 0.05) is 23.7 Å². The lowest BCUT2D eigenvalue weighted by atomic mass is 9.96. The predicted molar refractivity (Wildman–Crippen MR) is 97.6 cm³/mol. The molecule has 0 saturated carbocycles. The van der Waals surface area contributed by atoms with E-state index in [0.29, 0.717) is 37.6 Å². The van der Waals surface area contributed by atoms with Gasteiger partial charge in [0.15, 0.2) is 5.69 Å². The van der Waals surface area contributed by atoms with Crippen molar-refractivity contribution in [3.05, 3.63) is 58.7 Å². The average molecular weight is 354 g/mol. The number of carbonyl (C=O) groups is 1. The van der Waals surface area contributed by atoms with Crippen molar-refractivity contribution in [2.45, 2.75) is 26.7 Å². The van der Waals surface area contributed by atoms with Gasteiger partial charge in [-0.05, 0) is 25.8 Å². The molecule has 0 spiro atoms. The zero-order valence-electron chi connectivity index (χ0n) is 15.0. The summed E-state index contributed by atoms with van der Waals surface area (Å²) in [7, 11) is 0. The molecular formula is C20H22N2O4. The van der Waals surface area contributed by atoms with E-state index < -0.39 is 5.97 Å². The highest BCUT2D eigenvalue weighted by Gasteiger charge is 2.19.